The third-order valence-corrected chi connectivity index (χ3v) is 8.38. The van der Waals surface area contributed by atoms with E-state index in [2.05, 4.69) is 10.2 Å². The monoisotopic (exact) mass is 594 g/mol. The van der Waals surface area contributed by atoms with Crippen molar-refractivity contribution in [3.05, 3.63) is 101 Å². The molecule has 2 unspecified atom stereocenters. The Bertz CT molecular complexity index is 1850. The molecule has 214 valence electrons. The fourth-order valence-electron chi connectivity index (χ4n) is 4.79. The molecule has 4 aromatic rings. The molecule has 2 aromatic heterocycles. The van der Waals surface area contributed by atoms with Gasteiger partial charge in [-0.05, 0) is 34.9 Å². The molecule has 0 bridgehead atoms. The average Bonchev–Trinajstić information content (AvgIpc) is 3.35. The van der Waals surface area contributed by atoms with Gasteiger partial charge in [0.25, 0.3) is 10.7 Å². The van der Waals surface area contributed by atoms with Gasteiger partial charge in [-0.15, -0.1) is 10.2 Å². The van der Waals surface area contributed by atoms with Crippen molar-refractivity contribution in [2.24, 2.45) is 11.8 Å². The summed E-state index contributed by atoms with van der Waals surface area (Å²) in [6, 6.07) is 10.5. The van der Waals surface area contributed by atoms with Crippen LogP contribution in [0, 0.1) is 11.8 Å². The van der Waals surface area contributed by atoms with Gasteiger partial charge in [-0.3, -0.25) is 13.8 Å². The van der Waals surface area contributed by atoms with Gasteiger partial charge in [0, 0.05) is 24.0 Å². The van der Waals surface area contributed by atoms with Gasteiger partial charge in [0.05, 0.1) is 17.2 Å². The SMILES string of the molecule is CC1C(n2ccn3c(S(=O)(=O)Cc4ccccc4-c4ccc(C(F)(F)F)cc4)nnc3c2=O)=CC=CC1C(F)(F)F. The van der Waals surface area contributed by atoms with Gasteiger partial charge in [-0.25, -0.2) is 8.42 Å². The maximum Gasteiger partial charge on any atom is 0.416 e. The van der Waals surface area contributed by atoms with Crippen molar-refractivity contribution in [2.75, 3.05) is 0 Å². The van der Waals surface area contributed by atoms with Gasteiger partial charge in [0.1, 0.15) is 0 Å². The molecule has 7 nitrogen and oxygen atoms in total. The van der Waals surface area contributed by atoms with E-state index in [0.29, 0.717) is 11.1 Å². The van der Waals surface area contributed by atoms with Crippen LogP contribution >= 0.6 is 0 Å². The Morgan fingerprint density at radius 3 is 2.27 bits per heavy atom. The number of aromatic nitrogens is 4. The van der Waals surface area contributed by atoms with E-state index in [1.54, 1.807) is 18.2 Å². The van der Waals surface area contributed by atoms with Crippen LogP contribution in [0.3, 0.4) is 0 Å². The van der Waals surface area contributed by atoms with Crippen LogP contribution in [0.1, 0.15) is 18.1 Å². The van der Waals surface area contributed by atoms with Gasteiger partial charge >= 0.3 is 12.4 Å². The first-order valence-electron chi connectivity index (χ1n) is 12.1. The molecule has 0 saturated heterocycles. The zero-order valence-corrected chi connectivity index (χ0v) is 21.9. The van der Waals surface area contributed by atoms with Crippen molar-refractivity contribution in [3.8, 4) is 11.1 Å². The van der Waals surface area contributed by atoms with E-state index >= 15 is 0 Å². The molecule has 0 amide bonds. The molecule has 2 aromatic carbocycles. The highest BCUT2D eigenvalue weighted by atomic mass is 32.2. The largest absolute Gasteiger partial charge is 0.416 e. The van der Waals surface area contributed by atoms with Crippen LogP contribution in [-0.4, -0.2) is 33.8 Å². The summed E-state index contributed by atoms with van der Waals surface area (Å²) < 4.78 is 108. The Kier molecular flexibility index (Phi) is 6.92. The molecule has 41 heavy (non-hydrogen) atoms. The van der Waals surface area contributed by atoms with Gasteiger partial charge in [0.15, 0.2) is 0 Å². The molecule has 2 heterocycles. The Labute approximate surface area is 229 Å². The molecule has 0 aliphatic heterocycles. The Hall–Kier alpha value is -4.20. The molecular weight excluding hydrogens is 574 g/mol. The molecule has 2 atom stereocenters. The number of alkyl halides is 6. The van der Waals surface area contributed by atoms with Gasteiger partial charge in [-0.2, -0.15) is 26.3 Å². The lowest BCUT2D eigenvalue weighted by molar-refractivity contribution is -0.168. The van der Waals surface area contributed by atoms with E-state index in [1.807, 2.05) is 0 Å². The fraction of sp³-hybridized carbons (Fsp3) is 0.222. The molecule has 1 aliphatic carbocycles. The van der Waals surface area contributed by atoms with Crippen LogP contribution in [-0.2, 0) is 21.8 Å². The average molecular weight is 595 g/mol. The van der Waals surface area contributed by atoms with E-state index in [9.17, 15) is 39.6 Å². The zero-order valence-electron chi connectivity index (χ0n) is 21.1. The minimum absolute atomic E-state index is 0.0557. The summed E-state index contributed by atoms with van der Waals surface area (Å²) in [7, 11) is -4.27. The Morgan fingerprint density at radius 2 is 1.61 bits per heavy atom. The number of fused-ring (bicyclic) bond motifs is 1. The first kappa shape index (κ1) is 28.3. The van der Waals surface area contributed by atoms with Gasteiger partial charge < -0.3 is 0 Å². The van der Waals surface area contributed by atoms with Crippen molar-refractivity contribution in [3.63, 3.8) is 0 Å². The second-order valence-electron chi connectivity index (χ2n) is 9.47. The molecule has 0 fully saturated rings. The predicted octanol–water partition coefficient (Wildman–Crippen LogP) is 5.78. The highest BCUT2D eigenvalue weighted by Gasteiger charge is 2.43. The highest BCUT2D eigenvalue weighted by molar-refractivity contribution is 7.90. The zero-order chi connectivity index (χ0) is 29.7. The second kappa shape index (κ2) is 10.0. The van der Waals surface area contributed by atoms with E-state index in [0.717, 1.165) is 33.4 Å². The molecule has 0 spiro atoms. The standard InChI is InChI=1S/C27H20F6N4O3S/c1-16-21(27(31,32)33)7-4-8-22(16)36-13-14-37-23(24(36)38)34-35-25(37)41(39,40)15-18-5-2-3-6-20(18)17-9-11-19(12-10-17)26(28,29)30/h2-14,16,21H,15H2,1H3. The van der Waals surface area contributed by atoms with Crippen LogP contribution in [0.2, 0.25) is 0 Å². The number of rotatable bonds is 5. The maximum absolute atomic E-state index is 13.4. The third-order valence-electron chi connectivity index (χ3n) is 6.85. The van der Waals surface area contributed by atoms with E-state index in [-0.39, 0.29) is 11.3 Å². The smallest absolute Gasteiger partial charge is 0.283 e. The van der Waals surface area contributed by atoms with E-state index in [4.69, 9.17) is 0 Å². The number of sulfone groups is 1. The topological polar surface area (TPSA) is 86.3 Å². The fourth-order valence-corrected chi connectivity index (χ4v) is 6.19. The van der Waals surface area contributed by atoms with Crippen molar-refractivity contribution >= 4 is 21.2 Å². The summed E-state index contributed by atoms with van der Waals surface area (Å²) >= 11 is 0. The van der Waals surface area contributed by atoms with Crippen molar-refractivity contribution in [2.45, 2.75) is 30.2 Å². The first-order chi connectivity index (χ1) is 19.2. The lowest BCUT2D eigenvalue weighted by Crippen LogP contribution is -2.33. The van der Waals surface area contributed by atoms with Crippen molar-refractivity contribution < 1.29 is 34.8 Å². The van der Waals surface area contributed by atoms with Gasteiger partial charge in [-0.1, -0.05) is 55.5 Å². The van der Waals surface area contributed by atoms with Crippen LogP contribution in [0.4, 0.5) is 26.3 Å². The molecule has 1 aliphatic rings. The number of allylic oxidation sites excluding steroid dienone is 4. The quantitative estimate of drug-likeness (QED) is 0.274. The highest BCUT2D eigenvalue weighted by Crippen LogP contribution is 2.40. The van der Waals surface area contributed by atoms with E-state index < -0.39 is 61.7 Å². The molecular formula is C27H20F6N4O3S. The lowest BCUT2D eigenvalue weighted by atomic mass is 9.86. The molecule has 5 rings (SSSR count). The van der Waals surface area contributed by atoms with E-state index in [1.165, 1.54) is 43.5 Å². The third kappa shape index (κ3) is 5.31. The Balaban J connectivity index is 1.49. The first-order valence-corrected chi connectivity index (χ1v) is 13.7. The summed E-state index contributed by atoms with van der Waals surface area (Å²) in [6.45, 7) is 1.33. The van der Waals surface area contributed by atoms with Crippen LogP contribution in [0.5, 0.6) is 0 Å². The summed E-state index contributed by atoms with van der Waals surface area (Å²) in [5.74, 6) is -3.54. The maximum atomic E-state index is 13.4. The van der Waals surface area contributed by atoms with Crippen LogP contribution in [0.15, 0.2) is 89.1 Å². The molecule has 0 radical (unpaired) electrons. The normalized spacial score (nSPS) is 18.1. The van der Waals surface area contributed by atoms with Crippen LogP contribution in [0.25, 0.3) is 22.5 Å². The lowest BCUT2D eigenvalue weighted by Gasteiger charge is -2.28. The molecule has 14 heteroatoms. The number of halogens is 6. The predicted molar refractivity (Wildman–Crippen MR) is 137 cm³/mol. The number of hydrogen-bond acceptors (Lipinski definition) is 5. The Morgan fingerprint density at radius 1 is 0.927 bits per heavy atom. The minimum atomic E-state index is -4.53. The second-order valence-corrected chi connectivity index (χ2v) is 11.4. The molecule has 0 N–H and O–H groups in total. The van der Waals surface area contributed by atoms with Crippen LogP contribution < -0.4 is 5.56 Å². The summed E-state index contributed by atoms with van der Waals surface area (Å²) in [5, 5.41) is 6.84. The van der Waals surface area contributed by atoms with Crippen molar-refractivity contribution in [1.82, 2.24) is 19.2 Å². The minimum Gasteiger partial charge on any atom is -0.283 e. The molecule has 0 saturated carbocycles. The summed E-state index contributed by atoms with van der Waals surface area (Å²) in [6.07, 6.45) is -3.15. The summed E-state index contributed by atoms with van der Waals surface area (Å²) in [5.41, 5.74) is -1.06. The van der Waals surface area contributed by atoms with Crippen molar-refractivity contribution in [1.29, 1.82) is 0 Å². The van der Waals surface area contributed by atoms with Gasteiger partial charge in [0.2, 0.25) is 15.5 Å². The summed E-state index contributed by atoms with van der Waals surface area (Å²) in [4.78, 5) is 13.2. The number of benzene rings is 2. The number of hydrogen-bond donors (Lipinski definition) is 0. The number of nitrogens with zero attached hydrogens (tertiary/aromatic N) is 4.